The van der Waals surface area contributed by atoms with Gasteiger partial charge in [-0.3, -0.25) is 0 Å². The third-order valence-corrected chi connectivity index (χ3v) is 2.45. The molecule has 0 spiro atoms. The summed E-state index contributed by atoms with van der Waals surface area (Å²) in [5.74, 6) is 0. The minimum atomic E-state index is 0.821. The maximum Gasteiger partial charge on any atom is 0.0462 e. The quantitative estimate of drug-likeness (QED) is 0.551. The lowest BCUT2D eigenvalue weighted by molar-refractivity contribution is 0.192. The van der Waals surface area contributed by atoms with Gasteiger partial charge in [-0.05, 0) is 49.9 Å². The molecule has 1 rings (SSSR count). The second kappa shape index (κ2) is 7.12. The normalized spacial score (nSPS) is 10.4. The van der Waals surface area contributed by atoms with Crippen molar-refractivity contribution in [3.05, 3.63) is 23.8 Å². The van der Waals surface area contributed by atoms with E-state index in [4.69, 9.17) is 10.5 Å². The van der Waals surface area contributed by atoms with Crippen LogP contribution in [0.2, 0.25) is 0 Å². The van der Waals surface area contributed by atoms with Crippen LogP contribution in [0.5, 0.6) is 0 Å². The highest BCUT2D eigenvalue weighted by molar-refractivity contribution is 5.56. The Morgan fingerprint density at radius 2 is 2.00 bits per heavy atom. The molecule has 0 saturated carbocycles. The van der Waals surface area contributed by atoms with Gasteiger partial charge in [-0.2, -0.15) is 0 Å². The summed E-state index contributed by atoms with van der Waals surface area (Å²) in [4.78, 5) is 0. The molecule has 0 fully saturated rings. The number of ether oxygens (including phenoxy) is 1. The number of nitrogens with two attached hydrogens (primary N) is 1. The zero-order chi connectivity index (χ0) is 11.8. The lowest BCUT2D eigenvalue weighted by Gasteiger charge is -2.08. The van der Waals surface area contributed by atoms with Crippen molar-refractivity contribution in [3.63, 3.8) is 0 Å². The van der Waals surface area contributed by atoms with Crippen molar-refractivity contribution in [3.8, 4) is 0 Å². The topological polar surface area (TPSA) is 47.3 Å². The highest BCUT2D eigenvalue weighted by Gasteiger charge is 1.95. The highest BCUT2D eigenvalue weighted by Crippen LogP contribution is 2.15. The van der Waals surface area contributed by atoms with Crippen molar-refractivity contribution in [1.82, 2.24) is 0 Å². The second-order valence-corrected chi connectivity index (χ2v) is 4.11. The molecule has 0 amide bonds. The molecular weight excluding hydrogens is 200 g/mol. The molecule has 0 bridgehead atoms. The Hall–Kier alpha value is -1.22. The SMILES string of the molecule is COCCCCCNc1cc(C)cc(N)c1. The van der Waals surface area contributed by atoms with Crippen LogP contribution in [-0.4, -0.2) is 20.3 Å². The Balaban J connectivity index is 2.21. The van der Waals surface area contributed by atoms with E-state index in [1.807, 2.05) is 12.1 Å². The van der Waals surface area contributed by atoms with Crippen molar-refractivity contribution in [2.45, 2.75) is 26.2 Å². The van der Waals surface area contributed by atoms with Crippen LogP contribution in [-0.2, 0) is 4.74 Å². The number of hydrogen-bond donors (Lipinski definition) is 2. The van der Waals surface area contributed by atoms with Gasteiger partial charge < -0.3 is 15.8 Å². The molecule has 3 heteroatoms. The fraction of sp³-hybridized carbons (Fsp3) is 0.538. The molecule has 16 heavy (non-hydrogen) atoms. The lowest BCUT2D eigenvalue weighted by Crippen LogP contribution is -2.03. The molecule has 0 saturated heterocycles. The van der Waals surface area contributed by atoms with Crippen LogP contribution < -0.4 is 11.1 Å². The van der Waals surface area contributed by atoms with E-state index in [1.165, 1.54) is 12.0 Å². The molecule has 0 aliphatic carbocycles. The smallest absolute Gasteiger partial charge is 0.0462 e. The van der Waals surface area contributed by atoms with Crippen LogP contribution >= 0.6 is 0 Å². The fourth-order valence-corrected chi connectivity index (χ4v) is 1.70. The number of hydrogen-bond acceptors (Lipinski definition) is 3. The van der Waals surface area contributed by atoms with Gasteiger partial charge in [-0.15, -0.1) is 0 Å². The van der Waals surface area contributed by atoms with Crippen LogP contribution in [0, 0.1) is 6.92 Å². The van der Waals surface area contributed by atoms with E-state index < -0.39 is 0 Å². The summed E-state index contributed by atoms with van der Waals surface area (Å²) in [5.41, 5.74) is 8.91. The Morgan fingerprint density at radius 3 is 2.69 bits per heavy atom. The van der Waals surface area contributed by atoms with Crippen molar-refractivity contribution in [2.75, 3.05) is 31.3 Å². The standard InChI is InChI=1S/C13H22N2O/c1-11-8-12(14)10-13(9-11)15-6-4-3-5-7-16-2/h8-10,15H,3-7,14H2,1-2H3. The summed E-state index contributed by atoms with van der Waals surface area (Å²) in [7, 11) is 1.74. The van der Waals surface area contributed by atoms with Gasteiger partial charge in [0.25, 0.3) is 0 Å². The first-order chi connectivity index (χ1) is 7.72. The molecule has 0 aromatic heterocycles. The van der Waals surface area contributed by atoms with Crippen molar-refractivity contribution in [1.29, 1.82) is 0 Å². The third kappa shape index (κ3) is 5.03. The summed E-state index contributed by atoms with van der Waals surface area (Å²) in [6, 6.07) is 6.07. The molecule has 3 N–H and O–H groups in total. The summed E-state index contributed by atoms with van der Waals surface area (Å²) in [6.07, 6.45) is 3.49. The van der Waals surface area contributed by atoms with Gasteiger partial charge in [0, 0.05) is 31.6 Å². The molecule has 1 aromatic rings. The van der Waals surface area contributed by atoms with Crippen LogP contribution in [0.3, 0.4) is 0 Å². The lowest BCUT2D eigenvalue weighted by atomic mass is 10.2. The number of anilines is 2. The van der Waals surface area contributed by atoms with E-state index in [9.17, 15) is 0 Å². The van der Waals surface area contributed by atoms with Gasteiger partial charge >= 0.3 is 0 Å². The molecule has 0 aliphatic rings. The average molecular weight is 222 g/mol. The van der Waals surface area contributed by atoms with E-state index in [1.54, 1.807) is 7.11 Å². The third-order valence-electron chi connectivity index (χ3n) is 2.45. The molecule has 0 atom stereocenters. The van der Waals surface area contributed by atoms with E-state index in [2.05, 4.69) is 18.3 Å². The number of aryl methyl sites for hydroxylation is 1. The van der Waals surface area contributed by atoms with E-state index in [0.29, 0.717) is 0 Å². The number of unbranched alkanes of at least 4 members (excludes halogenated alkanes) is 2. The van der Waals surface area contributed by atoms with Crippen LogP contribution in [0.1, 0.15) is 24.8 Å². The van der Waals surface area contributed by atoms with Gasteiger partial charge in [0.15, 0.2) is 0 Å². The predicted octanol–water partition coefficient (Wildman–Crippen LogP) is 2.81. The van der Waals surface area contributed by atoms with Gasteiger partial charge in [0.2, 0.25) is 0 Å². The Labute approximate surface area is 98.0 Å². The maximum atomic E-state index is 5.77. The predicted molar refractivity (Wildman–Crippen MR) is 69.8 cm³/mol. The van der Waals surface area contributed by atoms with Gasteiger partial charge in [-0.1, -0.05) is 0 Å². The minimum Gasteiger partial charge on any atom is -0.399 e. The first kappa shape index (κ1) is 12.8. The minimum absolute atomic E-state index is 0.821. The Kier molecular flexibility index (Phi) is 5.72. The second-order valence-electron chi connectivity index (χ2n) is 4.11. The maximum absolute atomic E-state index is 5.77. The first-order valence-electron chi connectivity index (χ1n) is 5.82. The Morgan fingerprint density at radius 1 is 1.19 bits per heavy atom. The molecule has 0 aliphatic heterocycles. The largest absolute Gasteiger partial charge is 0.399 e. The molecule has 0 heterocycles. The molecule has 0 unspecified atom stereocenters. The highest BCUT2D eigenvalue weighted by atomic mass is 16.5. The monoisotopic (exact) mass is 222 g/mol. The summed E-state index contributed by atoms with van der Waals surface area (Å²) >= 11 is 0. The molecule has 0 radical (unpaired) electrons. The van der Waals surface area contributed by atoms with Crippen molar-refractivity contribution in [2.24, 2.45) is 0 Å². The number of methoxy groups -OCH3 is 1. The molecule has 3 nitrogen and oxygen atoms in total. The van der Waals surface area contributed by atoms with Crippen molar-refractivity contribution >= 4 is 11.4 Å². The average Bonchev–Trinajstić information content (AvgIpc) is 2.22. The van der Waals surface area contributed by atoms with Gasteiger partial charge in [0.1, 0.15) is 0 Å². The molecular formula is C13H22N2O. The summed E-state index contributed by atoms with van der Waals surface area (Å²) < 4.78 is 5.00. The van der Waals surface area contributed by atoms with E-state index >= 15 is 0 Å². The van der Waals surface area contributed by atoms with Crippen molar-refractivity contribution < 1.29 is 4.74 Å². The molecule has 90 valence electrons. The van der Waals surface area contributed by atoms with Gasteiger partial charge in [-0.25, -0.2) is 0 Å². The number of rotatable bonds is 7. The summed E-state index contributed by atoms with van der Waals surface area (Å²) in [5, 5.41) is 3.38. The number of nitrogen functional groups attached to an aromatic ring is 1. The van der Waals surface area contributed by atoms with Crippen LogP contribution in [0.25, 0.3) is 0 Å². The summed E-state index contributed by atoms with van der Waals surface area (Å²) in [6.45, 7) is 3.91. The zero-order valence-electron chi connectivity index (χ0n) is 10.3. The zero-order valence-corrected chi connectivity index (χ0v) is 10.3. The van der Waals surface area contributed by atoms with Crippen LogP contribution in [0.15, 0.2) is 18.2 Å². The number of nitrogens with one attached hydrogen (secondary N) is 1. The Bertz CT molecular complexity index is 293. The van der Waals surface area contributed by atoms with Crippen LogP contribution in [0.4, 0.5) is 11.4 Å². The first-order valence-corrected chi connectivity index (χ1v) is 5.82. The molecule has 1 aromatic carbocycles. The van der Waals surface area contributed by atoms with E-state index in [0.717, 1.165) is 37.4 Å². The van der Waals surface area contributed by atoms with E-state index in [-0.39, 0.29) is 0 Å². The number of benzene rings is 1. The fourth-order valence-electron chi connectivity index (χ4n) is 1.70. The van der Waals surface area contributed by atoms with Gasteiger partial charge in [0.05, 0.1) is 0 Å².